The molecule has 22 heavy (non-hydrogen) atoms. The number of carbonyl (C=O) groups excluding carboxylic acids is 1. The van der Waals surface area contributed by atoms with E-state index < -0.39 is 0 Å². The fraction of sp³-hybridized carbons (Fsp3) is 0.353. The van der Waals surface area contributed by atoms with Crippen LogP contribution in [0.5, 0.6) is 0 Å². The van der Waals surface area contributed by atoms with Gasteiger partial charge in [0.1, 0.15) is 0 Å². The van der Waals surface area contributed by atoms with Gasteiger partial charge in [0.25, 0.3) is 5.91 Å². The zero-order valence-electron chi connectivity index (χ0n) is 12.9. The third-order valence-corrected chi connectivity index (χ3v) is 5.45. The van der Waals surface area contributed by atoms with Gasteiger partial charge in [-0.25, -0.2) is 0 Å². The number of nitrogens with two attached hydrogens (primary N) is 1. The van der Waals surface area contributed by atoms with Gasteiger partial charge in [-0.05, 0) is 55.5 Å². The maximum absolute atomic E-state index is 12.9. The Balaban J connectivity index is 0.00000176. The van der Waals surface area contributed by atoms with E-state index in [1.165, 1.54) is 10.4 Å². The maximum Gasteiger partial charge on any atom is 0.268 e. The highest BCUT2D eigenvalue weighted by Gasteiger charge is 2.26. The van der Waals surface area contributed by atoms with Crippen molar-refractivity contribution in [1.29, 1.82) is 0 Å². The summed E-state index contributed by atoms with van der Waals surface area (Å²) in [5.74, 6) is 0.106. The van der Waals surface area contributed by atoms with Crippen molar-refractivity contribution in [2.24, 2.45) is 0 Å². The minimum absolute atomic E-state index is 0. The summed E-state index contributed by atoms with van der Waals surface area (Å²) in [5, 5.41) is 0. The summed E-state index contributed by atoms with van der Waals surface area (Å²) < 4.78 is 0. The molecule has 1 aromatic carbocycles. The standard InChI is InChI=1S/C17H20N2OS.ClH/c1-3-15-11(2)10-16(21-15)17(20)19-9-5-6-12-13(18)7-4-8-14(12)19;/h4,7-8,10H,3,5-6,9,18H2,1-2H3;1H. The van der Waals surface area contributed by atoms with E-state index in [2.05, 4.69) is 13.8 Å². The third kappa shape index (κ3) is 2.85. The van der Waals surface area contributed by atoms with Crippen molar-refractivity contribution in [2.45, 2.75) is 33.1 Å². The zero-order valence-corrected chi connectivity index (χ0v) is 14.5. The average molecular weight is 337 g/mol. The highest BCUT2D eigenvalue weighted by molar-refractivity contribution is 7.14. The van der Waals surface area contributed by atoms with Crippen LogP contribution in [0, 0.1) is 6.92 Å². The van der Waals surface area contributed by atoms with E-state index in [0.717, 1.165) is 47.6 Å². The Morgan fingerprint density at radius 2 is 2.18 bits per heavy atom. The van der Waals surface area contributed by atoms with Gasteiger partial charge in [0.15, 0.2) is 0 Å². The molecule has 2 heterocycles. The number of thiophene rings is 1. The Hall–Kier alpha value is -1.52. The van der Waals surface area contributed by atoms with Crippen LogP contribution in [0.25, 0.3) is 0 Å². The average Bonchev–Trinajstić information content (AvgIpc) is 2.87. The second-order valence-electron chi connectivity index (χ2n) is 5.48. The number of nitrogen functional groups attached to an aromatic ring is 1. The molecule has 0 aliphatic carbocycles. The van der Waals surface area contributed by atoms with Crippen molar-refractivity contribution >= 4 is 41.0 Å². The number of nitrogens with zero attached hydrogens (tertiary/aromatic N) is 1. The fourth-order valence-electron chi connectivity index (χ4n) is 2.97. The van der Waals surface area contributed by atoms with Crippen LogP contribution in [-0.2, 0) is 12.8 Å². The van der Waals surface area contributed by atoms with Crippen LogP contribution in [0.3, 0.4) is 0 Å². The monoisotopic (exact) mass is 336 g/mol. The van der Waals surface area contributed by atoms with E-state index in [4.69, 9.17) is 5.73 Å². The van der Waals surface area contributed by atoms with Crippen LogP contribution in [0.4, 0.5) is 11.4 Å². The summed E-state index contributed by atoms with van der Waals surface area (Å²) in [6.07, 6.45) is 2.90. The predicted molar refractivity (Wildman–Crippen MR) is 96.5 cm³/mol. The molecule has 1 aliphatic heterocycles. The second kappa shape index (κ2) is 6.71. The molecule has 1 aromatic heterocycles. The molecule has 0 atom stereocenters. The fourth-order valence-corrected chi connectivity index (χ4v) is 4.03. The lowest BCUT2D eigenvalue weighted by molar-refractivity contribution is 0.0989. The molecule has 5 heteroatoms. The number of rotatable bonds is 2. The minimum atomic E-state index is 0. The number of aryl methyl sites for hydroxylation is 2. The SMILES string of the molecule is CCc1sc(C(=O)N2CCCc3c(N)cccc32)cc1C.Cl. The van der Waals surface area contributed by atoms with Crippen LogP contribution in [0.2, 0.25) is 0 Å². The smallest absolute Gasteiger partial charge is 0.268 e. The summed E-state index contributed by atoms with van der Waals surface area (Å²) in [6.45, 7) is 4.98. The van der Waals surface area contributed by atoms with E-state index >= 15 is 0 Å². The number of hydrogen-bond acceptors (Lipinski definition) is 3. The Morgan fingerprint density at radius 1 is 1.41 bits per heavy atom. The molecule has 118 valence electrons. The largest absolute Gasteiger partial charge is 0.398 e. The number of amides is 1. The first-order valence-electron chi connectivity index (χ1n) is 7.40. The molecule has 3 nitrogen and oxygen atoms in total. The molecular weight excluding hydrogens is 316 g/mol. The topological polar surface area (TPSA) is 46.3 Å². The maximum atomic E-state index is 12.9. The van der Waals surface area contributed by atoms with Crippen molar-refractivity contribution in [2.75, 3.05) is 17.2 Å². The first-order valence-corrected chi connectivity index (χ1v) is 8.22. The van der Waals surface area contributed by atoms with Crippen LogP contribution in [0.1, 0.15) is 39.0 Å². The number of carbonyl (C=O) groups is 1. The van der Waals surface area contributed by atoms with Crippen molar-refractivity contribution in [3.63, 3.8) is 0 Å². The van der Waals surface area contributed by atoms with E-state index in [0.29, 0.717) is 0 Å². The van der Waals surface area contributed by atoms with Crippen LogP contribution < -0.4 is 10.6 Å². The molecule has 0 saturated carbocycles. The molecule has 0 unspecified atom stereocenters. The lowest BCUT2D eigenvalue weighted by Gasteiger charge is -2.30. The summed E-state index contributed by atoms with van der Waals surface area (Å²) in [6, 6.07) is 7.87. The lowest BCUT2D eigenvalue weighted by Crippen LogP contribution is -2.35. The molecular formula is C17H21ClN2OS. The van der Waals surface area contributed by atoms with Crippen molar-refractivity contribution in [3.8, 4) is 0 Å². The van der Waals surface area contributed by atoms with Crippen LogP contribution >= 0.6 is 23.7 Å². The van der Waals surface area contributed by atoms with Gasteiger partial charge >= 0.3 is 0 Å². The van der Waals surface area contributed by atoms with Gasteiger partial charge in [-0.1, -0.05) is 13.0 Å². The summed E-state index contributed by atoms with van der Waals surface area (Å²) in [5.41, 5.74) is 10.2. The highest BCUT2D eigenvalue weighted by Crippen LogP contribution is 2.33. The molecule has 0 bridgehead atoms. The number of hydrogen-bond donors (Lipinski definition) is 1. The lowest BCUT2D eigenvalue weighted by atomic mass is 9.99. The first-order chi connectivity index (χ1) is 10.1. The van der Waals surface area contributed by atoms with Gasteiger partial charge in [0.05, 0.1) is 4.88 Å². The Bertz CT molecular complexity index is 696. The number of benzene rings is 1. The predicted octanol–water partition coefficient (Wildman–Crippen LogP) is 4.22. The number of halogens is 1. The van der Waals surface area contributed by atoms with Gasteiger partial charge in [-0.15, -0.1) is 23.7 Å². The molecule has 0 fully saturated rings. The molecule has 3 rings (SSSR count). The van der Waals surface area contributed by atoms with Crippen molar-refractivity contribution in [1.82, 2.24) is 0 Å². The quantitative estimate of drug-likeness (QED) is 0.835. The number of fused-ring (bicyclic) bond motifs is 1. The summed E-state index contributed by atoms with van der Waals surface area (Å²) in [4.78, 5) is 16.9. The second-order valence-corrected chi connectivity index (χ2v) is 6.61. The van der Waals surface area contributed by atoms with E-state index in [1.54, 1.807) is 11.3 Å². The normalized spacial score (nSPS) is 13.5. The van der Waals surface area contributed by atoms with Gasteiger partial charge < -0.3 is 10.6 Å². The van der Waals surface area contributed by atoms with E-state index in [9.17, 15) is 4.79 Å². The van der Waals surface area contributed by atoms with Gasteiger partial charge in [0.2, 0.25) is 0 Å². The first kappa shape index (κ1) is 16.8. The molecule has 1 aliphatic rings. The van der Waals surface area contributed by atoms with Gasteiger partial charge in [-0.3, -0.25) is 4.79 Å². The van der Waals surface area contributed by atoms with Crippen molar-refractivity contribution in [3.05, 3.63) is 45.1 Å². The molecule has 0 radical (unpaired) electrons. The van der Waals surface area contributed by atoms with Gasteiger partial charge in [-0.2, -0.15) is 0 Å². The Labute approximate surface area is 141 Å². The minimum Gasteiger partial charge on any atom is -0.398 e. The van der Waals surface area contributed by atoms with Crippen LogP contribution in [-0.4, -0.2) is 12.5 Å². The van der Waals surface area contributed by atoms with E-state index in [1.807, 2.05) is 29.2 Å². The molecule has 0 saturated heterocycles. The third-order valence-electron chi connectivity index (χ3n) is 4.08. The van der Waals surface area contributed by atoms with Crippen LogP contribution in [0.15, 0.2) is 24.3 Å². The Kier molecular flexibility index (Phi) is 5.14. The summed E-state index contributed by atoms with van der Waals surface area (Å²) >= 11 is 1.62. The molecule has 2 aromatic rings. The molecule has 2 N–H and O–H groups in total. The molecule has 0 spiro atoms. The number of anilines is 2. The van der Waals surface area contributed by atoms with E-state index in [-0.39, 0.29) is 18.3 Å². The van der Waals surface area contributed by atoms with Gasteiger partial charge in [0, 0.05) is 22.8 Å². The Morgan fingerprint density at radius 3 is 2.86 bits per heavy atom. The van der Waals surface area contributed by atoms with Crippen molar-refractivity contribution < 1.29 is 4.79 Å². The zero-order chi connectivity index (χ0) is 15.0. The highest BCUT2D eigenvalue weighted by atomic mass is 35.5. The summed E-state index contributed by atoms with van der Waals surface area (Å²) in [7, 11) is 0. The molecule has 1 amide bonds.